The Hall–Kier alpha value is -11.7. The van der Waals surface area contributed by atoms with Gasteiger partial charge in [0.05, 0.1) is 11.2 Å². The zero-order chi connectivity index (χ0) is 56.9. The van der Waals surface area contributed by atoms with Crippen LogP contribution >= 0.6 is 0 Å². The number of aromatic nitrogens is 8. The largest absolute Gasteiger partial charge is 0.227 e. The molecule has 3 aromatic heterocycles. The molecule has 0 aliphatic heterocycles. The highest BCUT2D eigenvalue weighted by molar-refractivity contribution is 6.19. The van der Waals surface area contributed by atoms with Crippen molar-refractivity contribution in [3.05, 3.63) is 291 Å². The van der Waals surface area contributed by atoms with Gasteiger partial charge in [0.1, 0.15) is 0 Å². The van der Waals surface area contributed by atoms with Crippen molar-refractivity contribution in [2.75, 3.05) is 0 Å². The van der Waals surface area contributed by atoms with Crippen molar-refractivity contribution >= 4 is 54.0 Å². The molecule has 0 aliphatic rings. The van der Waals surface area contributed by atoms with E-state index in [1.165, 1.54) is 26.9 Å². The Morgan fingerprint density at radius 2 is 0.465 bits per heavy atom. The molecule has 0 amide bonds. The van der Waals surface area contributed by atoms with Crippen molar-refractivity contribution in [1.29, 1.82) is 0 Å². The number of benzene rings is 13. The summed E-state index contributed by atoms with van der Waals surface area (Å²) in [5.74, 6) is 4.10. The van der Waals surface area contributed by atoms with E-state index in [1.54, 1.807) is 0 Å². The third kappa shape index (κ3) is 9.15. The van der Waals surface area contributed by atoms with Crippen molar-refractivity contribution in [1.82, 2.24) is 39.9 Å². The molecule has 0 saturated heterocycles. The van der Waals surface area contributed by atoms with E-state index in [1.807, 2.05) is 121 Å². The van der Waals surface area contributed by atoms with Crippen LogP contribution in [0.15, 0.2) is 291 Å². The number of hydrogen-bond donors (Lipinski definition) is 0. The lowest BCUT2D eigenvalue weighted by molar-refractivity contribution is 1.07. The molecule has 3 heterocycles. The standard InChI is InChI=1S/C78H48N8/c1-5-21-50(22-6-1)73-81-74(51-23-7-2-8-24-51)84-77(83-73)55-39-37-49(38-40-55)70-69-48-59(66-45-57-29-13-15-31-60(57)62-33-17-19-35-64(62)66)47-68(67-46-58-30-14-16-32-61(58)63-34-18-20-36-65(63)67)71(69)80-72(79-70)54-41-43-56(44-42-54)78-85-75(52-25-9-3-10-26-52)82-76(86-78)53-27-11-4-12-28-53/h1-48H. The van der Waals surface area contributed by atoms with Gasteiger partial charge >= 0.3 is 0 Å². The van der Waals surface area contributed by atoms with Crippen LogP contribution in [-0.4, -0.2) is 39.9 Å². The quantitative estimate of drug-likeness (QED) is 0.125. The maximum absolute atomic E-state index is 5.71. The average molecular weight is 1100 g/mol. The van der Waals surface area contributed by atoms with Gasteiger partial charge < -0.3 is 0 Å². The second kappa shape index (κ2) is 21.2. The summed E-state index contributed by atoms with van der Waals surface area (Å²) < 4.78 is 0. The lowest BCUT2D eigenvalue weighted by Crippen LogP contribution is -2.01. The maximum atomic E-state index is 5.71. The van der Waals surface area contributed by atoms with Gasteiger partial charge in [0.2, 0.25) is 0 Å². The van der Waals surface area contributed by atoms with E-state index < -0.39 is 0 Å². The van der Waals surface area contributed by atoms with Gasteiger partial charge in [-0.2, -0.15) is 0 Å². The summed E-state index contributed by atoms with van der Waals surface area (Å²) in [6.45, 7) is 0. The Kier molecular flexibility index (Phi) is 12.3. The number of fused-ring (bicyclic) bond motifs is 7. The Balaban J connectivity index is 0.933. The lowest BCUT2D eigenvalue weighted by atomic mass is 9.87. The molecule has 0 unspecified atom stereocenters. The number of nitrogens with zero attached hydrogens (tertiary/aromatic N) is 8. The first-order chi connectivity index (χ1) is 42.6. The highest BCUT2D eigenvalue weighted by Crippen LogP contribution is 2.45. The summed E-state index contributed by atoms with van der Waals surface area (Å²) in [4.78, 5) is 41.6. The molecule has 0 atom stereocenters. The molecular weight excluding hydrogens is 1050 g/mol. The summed E-state index contributed by atoms with van der Waals surface area (Å²) in [5.41, 5.74) is 12.9. The fourth-order valence-electron chi connectivity index (χ4n) is 11.9. The Bertz CT molecular complexity index is 5140. The third-order valence-electron chi connectivity index (χ3n) is 16.2. The molecule has 0 aliphatic carbocycles. The van der Waals surface area contributed by atoms with Gasteiger partial charge in [-0.15, -0.1) is 0 Å². The SMILES string of the molecule is c1ccc(-c2nc(-c3ccccc3)nc(-c3ccc(-c4nc(-c5ccc(-c6nc(-c7ccccc7)nc(-c7ccccc7)n6)cc5)c5cc(-c6cc7ccccc7c7ccccc67)cc(-c6cc7ccccc7c7ccccc67)c5n4)cc3)n2)cc1. The van der Waals surface area contributed by atoms with Crippen LogP contribution in [0, 0.1) is 0 Å². The molecule has 0 saturated carbocycles. The fourth-order valence-corrected chi connectivity index (χ4v) is 11.9. The molecule has 0 radical (unpaired) electrons. The summed E-state index contributed by atoms with van der Waals surface area (Å²) in [5, 5.41) is 10.3. The van der Waals surface area contributed by atoms with Gasteiger partial charge in [-0.05, 0) is 84.0 Å². The van der Waals surface area contributed by atoms with E-state index in [0.29, 0.717) is 40.8 Å². The molecule has 86 heavy (non-hydrogen) atoms. The number of rotatable bonds is 10. The zero-order valence-electron chi connectivity index (χ0n) is 46.3. The van der Waals surface area contributed by atoms with E-state index in [4.69, 9.17) is 39.9 Å². The molecule has 0 spiro atoms. The van der Waals surface area contributed by atoms with Gasteiger partial charge in [-0.1, -0.05) is 267 Å². The molecule has 0 fully saturated rings. The van der Waals surface area contributed by atoms with Crippen LogP contribution in [0.3, 0.4) is 0 Å². The van der Waals surface area contributed by atoms with Gasteiger partial charge in [0.25, 0.3) is 0 Å². The van der Waals surface area contributed by atoms with Crippen molar-refractivity contribution in [2.45, 2.75) is 0 Å². The Morgan fingerprint density at radius 1 is 0.163 bits per heavy atom. The molecule has 8 heteroatoms. The van der Waals surface area contributed by atoms with Crippen LogP contribution in [0.5, 0.6) is 0 Å². The second-order valence-electron chi connectivity index (χ2n) is 21.4. The summed E-state index contributed by atoms with van der Waals surface area (Å²) in [6.07, 6.45) is 0. The van der Waals surface area contributed by atoms with Crippen LogP contribution in [0.2, 0.25) is 0 Å². The first-order valence-corrected chi connectivity index (χ1v) is 28.7. The average Bonchev–Trinajstić information content (AvgIpc) is 1.99. The monoisotopic (exact) mass is 1100 g/mol. The lowest BCUT2D eigenvalue weighted by Gasteiger charge is -2.18. The second-order valence-corrected chi connectivity index (χ2v) is 21.4. The molecule has 8 nitrogen and oxygen atoms in total. The van der Waals surface area contributed by atoms with Crippen LogP contribution in [0.4, 0.5) is 0 Å². The van der Waals surface area contributed by atoms with Crippen molar-refractivity contribution < 1.29 is 0 Å². The minimum Gasteiger partial charge on any atom is -0.227 e. The summed E-state index contributed by atoms with van der Waals surface area (Å²) in [7, 11) is 0. The highest BCUT2D eigenvalue weighted by atomic mass is 15.0. The van der Waals surface area contributed by atoms with Crippen molar-refractivity contribution in [2.24, 2.45) is 0 Å². The maximum Gasteiger partial charge on any atom is 0.164 e. The topological polar surface area (TPSA) is 103 Å². The number of hydrogen-bond acceptors (Lipinski definition) is 8. The Labute approximate surface area is 495 Å². The molecular formula is C78H48N8. The van der Waals surface area contributed by atoms with E-state index in [-0.39, 0.29) is 0 Å². The molecule has 16 rings (SSSR count). The minimum absolute atomic E-state index is 0.564. The first kappa shape index (κ1) is 50.0. The predicted molar refractivity (Wildman–Crippen MR) is 351 cm³/mol. The fraction of sp³-hybridized carbons (Fsp3) is 0. The van der Waals surface area contributed by atoms with E-state index in [0.717, 1.165) is 99.5 Å². The smallest absolute Gasteiger partial charge is 0.164 e. The highest BCUT2D eigenvalue weighted by Gasteiger charge is 2.22. The first-order valence-electron chi connectivity index (χ1n) is 28.7. The van der Waals surface area contributed by atoms with E-state index in [2.05, 4.69) is 170 Å². The van der Waals surface area contributed by atoms with Crippen molar-refractivity contribution in [3.63, 3.8) is 0 Å². The molecule has 13 aromatic carbocycles. The van der Waals surface area contributed by atoms with Gasteiger partial charge in [-0.3, -0.25) is 0 Å². The summed E-state index contributed by atoms with van der Waals surface area (Å²) in [6, 6.07) is 101. The normalized spacial score (nSPS) is 11.5. The molecule has 0 bridgehead atoms. The zero-order valence-corrected chi connectivity index (χ0v) is 46.3. The van der Waals surface area contributed by atoms with Gasteiger partial charge in [0, 0.05) is 55.5 Å². The molecule has 400 valence electrons. The van der Waals surface area contributed by atoms with E-state index in [9.17, 15) is 0 Å². The van der Waals surface area contributed by atoms with Crippen LogP contribution < -0.4 is 0 Å². The van der Waals surface area contributed by atoms with E-state index >= 15 is 0 Å². The minimum atomic E-state index is 0.564. The van der Waals surface area contributed by atoms with Crippen LogP contribution in [-0.2, 0) is 0 Å². The van der Waals surface area contributed by atoms with Crippen LogP contribution in [0.25, 0.3) is 167 Å². The van der Waals surface area contributed by atoms with Gasteiger partial charge in [0.15, 0.2) is 40.8 Å². The van der Waals surface area contributed by atoms with Crippen molar-refractivity contribution in [3.8, 4) is 113 Å². The molecule has 0 N–H and O–H groups in total. The Morgan fingerprint density at radius 3 is 0.872 bits per heavy atom. The van der Waals surface area contributed by atoms with Crippen LogP contribution in [0.1, 0.15) is 0 Å². The predicted octanol–water partition coefficient (Wildman–Crippen LogP) is 19.3. The third-order valence-corrected chi connectivity index (χ3v) is 16.2. The molecule has 16 aromatic rings. The summed E-state index contributed by atoms with van der Waals surface area (Å²) >= 11 is 0. The van der Waals surface area contributed by atoms with Gasteiger partial charge in [-0.25, -0.2) is 39.9 Å².